The fourth-order valence-electron chi connectivity index (χ4n) is 6.32. The lowest BCUT2D eigenvalue weighted by molar-refractivity contribution is 0.0937. The molecule has 1 amide bonds. The average Bonchev–Trinajstić information content (AvgIpc) is 3.22. The van der Waals surface area contributed by atoms with Crippen LogP contribution in [-0.2, 0) is 10.3 Å². The number of carbonyl (C=O) groups excluding carboxylic acids is 1. The molecule has 2 saturated carbocycles. The number of pyridine rings is 1. The van der Waals surface area contributed by atoms with Gasteiger partial charge in [0.25, 0.3) is 17.9 Å². The van der Waals surface area contributed by atoms with Gasteiger partial charge in [0.1, 0.15) is 5.82 Å². The number of fused-ring (bicyclic) bond motifs is 2. The number of likely N-dealkylation sites (tertiary alicyclic amines) is 1. The van der Waals surface area contributed by atoms with Gasteiger partial charge in [-0.05, 0) is 38.6 Å². The van der Waals surface area contributed by atoms with E-state index >= 15 is 0 Å². The highest BCUT2D eigenvalue weighted by atomic mass is 19.3. The lowest BCUT2D eigenvalue weighted by Crippen LogP contribution is -2.48. The maximum Gasteiger partial charge on any atom is 0.266 e. The van der Waals surface area contributed by atoms with Gasteiger partial charge in [0.2, 0.25) is 0 Å². The summed E-state index contributed by atoms with van der Waals surface area (Å²) in [5.41, 5.74) is -0.657. The van der Waals surface area contributed by atoms with Crippen molar-refractivity contribution < 1.29 is 22.7 Å². The molecule has 3 aliphatic heterocycles. The molecule has 3 saturated heterocycles. The average molecular weight is 503 g/mol. The van der Waals surface area contributed by atoms with Crippen molar-refractivity contribution in [1.82, 2.24) is 14.8 Å². The molecule has 36 heavy (non-hydrogen) atoms. The van der Waals surface area contributed by atoms with E-state index in [2.05, 4.69) is 22.6 Å². The van der Waals surface area contributed by atoms with E-state index in [1.54, 1.807) is 17.7 Å². The number of hydrogen-bond acceptors (Lipinski definition) is 5. The second kappa shape index (κ2) is 8.34. The number of nitrogens with zero attached hydrogens (tertiary/aromatic N) is 2. The highest BCUT2D eigenvalue weighted by Crippen LogP contribution is 2.49. The van der Waals surface area contributed by atoms with Crippen LogP contribution in [0.15, 0.2) is 35.3 Å². The van der Waals surface area contributed by atoms with Gasteiger partial charge in [0.05, 0.1) is 41.1 Å². The summed E-state index contributed by atoms with van der Waals surface area (Å²) >= 11 is 0. The van der Waals surface area contributed by atoms with Crippen molar-refractivity contribution in [3.05, 3.63) is 63.3 Å². The zero-order valence-corrected chi connectivity index (χ0v) is 20.1. The molecule has 5 fully saturated rings. The van der Waals surface area contributed by atoms with Crippen LogP contribution >= 0.6 is 0 Å². The zero-order valence-electron chi connectivity index (χ0n) is 20.1. The van der Waals surface area contributed by atoms with Crippen molar-refractivity contribution >= 4 is 11.6 Å². The number of ether oxygens (including phenoxy) is 1. The van der Waals surface area contributed by atoms with Gasteiger partial charge in [-0.2, -0.15) is 0 Å². The fourth-order valence-corrected chi connectivity index (χ4v) is 6.32. The van der Waals surface area contributed by atoms with Crippen molar-refractivity contribution in [3.8, 4) is 0 Å². The molecule has 7 rings (SSSR count). The number of halogens is 3. The Kier molecular flexibility index (Phi) is 5.46. The van der Waals surface area contributed by atoms with Crippen LogP contribution in [0, 0.1) is 17.7 Å². The molecule has 0 unspecified atom stereocenters. The summed E-state index contributed by atoms with van der Waals surface area (Å²) in [5.74, 6) is -0.601. The van der Waals surface area contributed by atoms with Crippen LogP contribution < -0.4 is 16.2 Å². The number of hydrogen-bond donors (Lipinski definition) is 2. The summed E-state index contributed by atoms with van der Waals surface area (Å²) in [6.07, 6.45) is 0.209. The minimum Gasteiger partial charge on any atom is -0.381 e. The molecule has 7 nitrogen and oxygen atoms in total. The van der Waals surface area contributed by atoms with E-state index in [9.17, 15) is 22.8 Å². The van der Waals surface area contributed by atoms with E-state index < -0.39 is 35.3 Å². The van der Waals surface area contributed by atoms with E-state index in [0.717, 1.165) is 32.0 Å². The third kappa shape index (κ3) is 3.73. The number of carbonyl (C=O) groups is 1. The van der Waals surface area contributed by atoms with Gasteiger partial charge < -0.3 is 24.8 Å². The first-order chi connectivity index (χ1) is 17.2. The normalized spacial score (nSPS) is 31.2. The number of anilines is 1. The van der Waals surface area contributed by atoms with Crippen molar-refractivity contribution in [2.45, 2.75) is 49.9 Å². The van der Waals surface area contributed by atoms with Gasteiger partial charge >= 0.3 is 0 Å². The first kappa shape index (κ1) is 23.5. The Labute approximate surface area is 206 Å². The van der Waals surface area contributed by atoms with Crippen LogP contribution in [0.4, 0.5) is 18.9 Å². The van der Waals surface area contributed by atoms with Gasteiger partial charge in [-0.25, -0.2) is 13.2 Å². The molecule has 10 heteroatoms. The predicted octanol–water partition coefficient (Wildman–Crippen LogP) is 3.28. The molecule has 2 aliphatic carbocycles. The van der Waals surface area contributed by atoms with Gasteiger partial charge in [-0.1, -0.05) is 18.2 Å². The quantitative estimate of drug-likeness (QED) is 0.608. The molecule has 1 aromatic heterocycles. The lowest BCUT2D eigenvalue weighted by Gasteiger charge is -2.37. The number of alkyl halides is 2. The van der Waals surface area contributed by atoms with Gasteiger partial charge in [-0.3, -0.25) is 9.59 Å². The molecule has 1 aromatic carbocycles. The predicted molar refractivity (Wildman–Crippen MR) is 127 cm³/mol. The molecular formula is C26H29F3N4O3. The van der Waals surface area contributed by atoms with Crippen LogP contribution in [0.5, 0.6) is 0 Å². The Morgan fingerprint density at radius 2 is 1.89 bits per heavy atom. The van der Waals surface area contributed by atoms with Crippen molar-refractivity contribution in [2.24, 2.45) is 11.8 Å². The van der Waals surface area contributed by atoms with Gasteiger partial charge in [-0.15, -0.1) is 0 Å². The second-order valence-corrected chi connectivity index (χ2v) is 10.8. The van der Waals surface area contributed by atoms with Crippen LogP contribution in [0.25, 0.3) is 0 Å². The van der Waals surface area contributed by atoms with E-state index in [0.29, 0.717) is 24.1 Å². The van der Waals surface area contributed by atoms with Crippen LogP contribution in [0.1, 0.15) is 53.7 Å². The largest absolute Gasteiger partial charge is 0.381 e. The Balaban J connectivity index is 1.30. The lowest BCUT2D eigenvalue weighted by atomic mass is 9.78. The third-order valence-electron chi connectivity index (χ3n) is 8.42. The maximum absolute atomic E-state index is 14.7. The van der Waals surface area contributed by atoms with E-state index in [1.807, 2.05) is 0 Å². The van der Waals surface area contributed by atoms with Crippen LogP contribution in [-0.4, -0.2) is 54.3 Å². The van der Waals surface area contributed by atoms with Gasteiger partial charge in [0.15, 0.2) is 0 Å². The minimum absolute atomic E-state index is 0.0200. The van der Waals surface area contributed by atoms with Crippen LogP contribution in [0.2, 0.25) is 0 Å². The van der Waals surface area contributed by atoms with Crippen LogP contribution in [0.3, 0.4) is 0 Å². The second-order valence-electron chi connectivity index (χ2n) is 10.8. The monoisotopic (exact) mass is 502 g/mol. The van der Waals surface area contributed by atoms with E-state index in [-0.39, 0.29) is 28.8 Å². The molecule has 2 aromatic rings. The van der Waals surface area contributed by atoms with E-state index in [1.165, 1.54) is 18.2 Å². The molecule has 4 atom stereocenters. The molecule has 5 aliphatic rings. The highest BCUT2D eigenvalue weighted by molar-refractivity contribution is 5.99. The Bertz CT molecular complexity index is 1260. The fraction of sp³-hybridized carbons (Fsp3) is 0.538. The Hall–Kier alpha value is -2.85. The maximum atomic E-state index is 14.7. The standard InChI is InChI=1S/C26H29F3N4O3/c1-13(15-4-3-5-16(22(15)27)24(28)29)30-25(35)19-11-33(26-7-14(8-26)36-12-26)21(34)6-20(19)31-23-17-9-32(2)10-18(17)23/h3-6,11,13-14,17-18,23-24,31H,7-10,12H2,1-2H3,(H,30,35)/t13-,14?,17-,18+,23-,26?/m1/s1. The zero-order chi connectivity index (χ0) is 25.4. The summed E-state index contributed by atoms with van der Waals surface area (Å²) in [6, 6.07) is 4.56. The SMILES string of the molecule is C[C@@H](NC(=O)c1cn(C23COC(C2)C3)c(=O)cc1N[C@@H]1[C@@H]2CN(C)C[C@@H]21)c1cccc(C(F)F)c1F. The molecule has 0 radical (unpaired) electrons. The summed E-state index contributed by atoms with van der Waals surface area (Å²) in [4.78, 5) is 28.9. The highest BCUT2D eigenvalue weighted by Gasteiger charge is 2.56. The molecule has 2 bridgehead atoms. The Morgan fingerprint density at radius 3 is 2.53 bits per heavy atom. The summed E-state index contributed by atoms with van der Waals surface area (Å²) in [5, 5.41) is 6.17. The van der Waals surface area contributed by atoms with Crippen molar-refractivity contribution in [1.29, 1.82) is 0 Å². The number of aromatic nitrogens is 1. The van der Waals surface area contributed by atoms with Crippen molar-refractivity contribution in [3.63, 3.8) is 0 Å². The first-order valence-electron chi connectivity index (χ1n) is 12.4. The minimum atomic E-state index is -2.96. The number of rotatable bonds is 7. The summed E-state index contributed by atoms with van der Waals surface area (Å²) in [6.45, 7) is 3.89. The van der Waals surface area contributed by atoms with E-state index in [4.69, 9.17) is 4.74 Å². The number of amides is 1. The number of piperidine rings is 1. The molecule has 192 valence electrons. The molecular weight excluding hydrogens is 473 g/mol. The summed E-state index contributed by atoms with van der Waals surface area (Å²) in [7, 11) is 2.07. The molecule has 0 spiro atoms. The van der Waals surface area contributed by atoms with Gasteiger partial charge in [0, 0.05) is 37.0 Å². The molecule has 4 heterocycles. The topological polar surface area (TPSA) is 75.6 Å². The third-order valence-corrected chi connectivity index (χ3v) is 8.42. The first-order valence-corrected chi connectivity index (χ1v) is 12.4. The number of benzene rings is 1. The summed E-state index contributed by atoms with van der Waals surface area (Å²) < 4.78 is 48.4. The van der Waals surface area contributed by atoms with Crippen molar-refractivity contribution in [2.75, 3.05) is 32.1 Å². The molecule has 2 N–H and O–H groups in total. The smallest absolute Gasteiger partial charge is 0.266 e. The Morgan fingerprint density at radius 1 is 1.19 bits per heavy atom. The number of nitrogens with one attached hydrogen (secondary N) is 2.